The van der Waals surface area contributed by atoms with Gasteiger partial charge in [0.05, 0.1) is 6.04 Å². The van der Waals surface area contributed by atoms with Gasteiger partial charge in [0.15, 0.2) is 0 Å². The molecule has 0 radical (unpaired) electrons. The Morgan fingerprint density at radius 1 is 1.40 bits per heavy atom. The first-order chi connectivity index (χ1) is 7.15. The SMILES string of the molecule is CCN(Cc1ccccc1)C(=O)[C@@H](C)N. The van der Waals surface area contributed by atoms with Gasteiger partial charge in [-0.2, -0.15) is 0 Å². The fourth-order valence-corrected chi connectivity index (χ4v) is 1.44. The summed E-state index contributed by atoms with van der Waals surface area (Å²) in [6.07, 6.45) is 0. The number of carbonyl (C=O) groups excluding carboxylic acids is 1. The number of hydrogen-bond donors (Lipinski definition) is 1. The Labute approximate surface area is 90.9 Å². The smallest absolute Gasteiger partial charge is 0.239 e. The molecule has 0 aliphatic rings. The van der Waals surface area contributed by atoms with Crippen LogP contribution < -0.4 is 5.73 Å². The van der Waals surface area contributed by atoms with Gasteiger partial charge in [-0.15, -0.1) is 0 Å². The van der Waals surface area contributed by atoms with Gasteiger partial charge in [0.25, 0.3) is 0 Å². The highest BCUT2D eigenvalue weighted by atomic mass is 16.2. The van der Waals surface area contributed by atoms with Gasteiger partial charge in [0, 0.05) is 13.1 Å². The van der Waals surface area contributed by atoms with E-state index < -0.39 is 6.04 Å². The average molecular weight is 206 g/mol. The summed E-state index contributed by atoms with van der Waals surface area (Å²) in [6.45, 7) is 5.01. The lowest BCUT2D eigenvalue weighted by atomic mass is 10.2. The first-order valence-electron chi connectivity index (χ1n) is 5.23. The lowest BCUT2D eigenvalue weighted by molar-refractivity contribution is -0.132. The molecular formula is C12H18N2O. The van der Waals surface area contributed by atoms with Crippen LogP contribution in [0.5, 0.6) is 0 Å². The third-order valence-corrected chi connectivity index (χ3v) is 2.30. The Morgan fingerprint density at radius 3 is 2.47 bits per heavy atom. The van der Waals surface area contributed by atoms with E-state index >= 15 is 0 Å². The highest BCUT2D eigenvalue weighted by Crippen LogP contribution is 2.05. The molecule has 0 bridgehead atoms. The molecule has 82 valence electrons. The van der Waals surface area contributed by atoms with Crippen molar-refractivity contribution >= 4 is 5.91 Å². The van der Waals surface area contributed by atoms with E-state index in [4.69, 9.17) is 5.73 Å². The molecule has 0 aliphatic carbocycles. The zero-order valence-corrected chi connectivity index (χ0v) is 9.31. The van der Waals surface area contributed by atoms with Gasteiger partial charge >= 0.3 is 0 Å². The van der Waals surface area contributed by atoms with Crippen LogP contribution in [0.3, 0.4) is 0 Å². The molecule has 0 spiro atoms. The summed E-state index contributed by atoms with van der Waals surface area (Å²) < 4.78 is 0. The molecule has 0 aromatic heterocycles. The predicted molar refractivity (Wildman–Crippen MR) is 61.2 cm³/mol. The van der Waals surface area contributed by atoms with Crippen LogP contribution in [0.25, 0.3) is 0 Å². The molecule has 1 aromatic rings. The molecule has 3 heteroatoms. The molecule has 3 nitrogen and oxygen atoms in total. The lowest BCUT2D eigenvalue weighted by Crippen LogP contribution is -2.41. The Kier molecular flexibility index (Phi) is 4.31. The Bertz CT molecular complexity index is 309. The van der Waals surface area contributed by atoms with E-state index in [-0.39, 0.29) is 5.91 Å². The van der Waals surface area contributed by atoms with Crippen molar-refractivity contribution in [3.63, 3.8) is 0 Å². The third kappa shape index (κ3) is 3.36. The van der Waals surface area contributed by atoms with Crippen LogP contribution >= 0.6 is 0 Å². The summed E-state index contributed by atoms with van der Waals surface area (Å²) in [6, 6.07) is 9.51. The summed E-state index contributed by atoms with van der Waals surface area (Å²) in [4.78, 5) is 13.4. The topological polar surface area (TPSA) is 46.3 Å². The molecule has 0 heterocycles. The van der Waals surface area contributed by atoms with Gasteiger partial charge in [-0.25, -0.2) is 0 Å². The van der Waals surface area contributed by atoms with Crippen molar-refractivity contribution in [3.05, 3.63) is 35.9 Å². The van der Waals surface area contributed by atoms with Crippen LogP contribution in [0.1, 0.15) is 19.4 Å². The zero-order chi connectivity index (χ0) is 11.3. The molecule has 2 N–H and O–H groups in total. The number of nitrogens with two attached hydrogens (primary N) is 1. The number of rotatable bonds is 4. The van der Waals surface area contributed by atoms with Crippen LogP contribution in [0.4, 0.5) is 0 Å². The molecule has 0 aliphatic heterocycles. The van der Waals surface area contributed by atoms with Crippen molar-refractivity contribution in [2.45, 2.75) is 26.4 Å². The molecule has 1 atom stereocenters. The van der Waals surface area contributed by atoms with Crippen molar-refractivity contribution in [2.75, 3.05) is 6.54 Å². The Morgan fingerprint density at radius 2 is 2.00 bits per heavy atom. The van der Waals surface area contributed by atoms with E-state index in [1.54, 1.807) is 11.8 Å². The highest BCUT2D eigenvalue weighted by Gasteiger charge is 2.15. The summed E-state index contributed by atoms with van der Waals surface area (Å²) in [5.41, 5.74) is 6.71. The summed E-state index contributed by atoms with van der Waals surface area (Å²) in [5.74, 6) is 0.00125. The van der Waals surface area contributed by atoms with Crippen molar-refractivity contribution in [1.82, 2.24) is 4.90 Å². The monoisotopic (exact) mass is 206 g/mol. The van der Waals surface area contributed by atoms with Gasteiger partial charge in [0.1, 0.15) is 0 Å². The first kappa shape index (κ1) is 11.7. The van der Waals surface area contributed by atoms with Gasteiger partial charge in [-0.05, 0) is 19.4 Å². The third-order valence-electron chi connectivity index (χ3n) is 2.30. The highest BCUT2D eigenvalue weighted by molar-refractivity contribution is 5.81. The molecule has 0 unspecified atom stereocenters. The van der Waals surface area contributed by atoms with Crippen LogP contribution in [0, 0.1) is 0 Å². The Hall–Kier alpha value is -1.35. The van der Waals surface area contributed by atoms with Gasteiger partial charge in [0.2, 0.25) is 5.91 Å². The summed E-state index contributed by atoms with van der Waals surface area (Å²) in [5, 5.41) is 0. The number of nitrogens with zero attached hydrogens (tertiary/aromatic N) is 1. The molecule has 0 saturated heterocycles. The number of carbonyl (C=O) groups is 1. The van der Waals surface area contributed by atoms with Crippen LogP contribution in [-0.2, 0) is 11.3 Å². The molecule has 1 aromatic carbocycles. The molecule has 0 fully saturated rings. The molecule has 1 amide bonds. The van der Waals surface area contributed by atoms with Gasteiger partial charge in [-0.1, -0.05) is 30.3 Å². The second-order valence-corrected chi connectivity index (χ2v) is 3.63. The maximum Gasteiger partial charge on any atom is 0.239 e. The molecular weight excluding hydrogens is 188 g/mol. The first-order valence-corrected chi connectivity index (χ1v) is 5.23. The molecule has 0 saturated carbocycles. The maximum absolute atomic E-state index is 11.7. The number of likely N-dealkylation sites (N-methyl/N-ethyl adjacent to an activating group) is 1. The maximum atomic E-state index is 11.7. The Balaban J connectivity index is 2.66. The molecule has 1 rings (SSSR count). The van der Waals surface area contributed by atoms with E-state index in [2.05, 4.69) is 0 Å². The second-order valence-electron chi connectivity index (χ2n) is 3.63. The van der Waals surface area contributed by atoms with Gasteiger partial charge < -0.3 is 10.6 Å². The van der Waals surface area contributed by atoms with E-state index in [9.17, 15) is 4.79 Å². The van der Waals surface area contributed by atoms with E-state index in [0.717, 1.165) is 5.56 Å². The number of amides is 1. The van der Waals surface area contributed by atoms with E-state index in [0.29, 0.717) is 13.1 Å². The van der Waals surface area contributed by atoms with Crippen LogP contribution in [-0.4, -0.2) is 23.4 Å². The van der Waals surface area contributed by atoms with Crippen LogP contribution in [0.2, 0.25) is 0 Å². The van der Waals surface area contributed by atoms with E-state index in [1.807, 2.05) is 37.3 Å². The summed E-state index contributed by atoms with van der Waals surface area (Å²) in [7, 11) is 0. The molecule has 15 heavy (non-hydrogen) atoms. The number of benzene rings is 1. The fraction of sp³-hybridized carbons (Fsp3) is 0.417. The standard InChI is InChI=1S/C12H18N2O/c1-3-14(12(15)10(2)13)9-11-7-5-4-6-8-11/h4-8,10H,3,9,13H2,1-2H3/t10-/m1/s1. The van der Waals surface area contributed by atoms with Crippen molar-refractivity contribution in [2.24, 2.45) is 5.73 Å². The number of hydrogen-bond acceptors (Lipinski definition) is 2. The van der Waals surface area contributed by atoms with E-state index in [1.165, 1.54) is 0 Å². The van der Waals surface area contributed by atoms with Crippen molar-refractivity contribution < 1.29 is 4.79 Å². The minimum absolute atomic E-state index is 0.00125. The van der Waals surface area contributed by atoms with Crippen molar-refractivity contribution in [1.29, 1.82) is 0 Å². The minimum Gasteiger partial charge on any atom is -0.337 e. The summed E-state index contributed by atoms with van der Waals surface area (Å²) >= 11 is 0. The predicted octanol–water partition coefficient (Wildman–Crippen LogP) is 1.38. The average Bonchev–Trinajstić information content (AvgIpc) is 2.26. The second kappa shape index (κ2) is 5.51. The lowest BCUT2D eigenvalue weighted by Gasteiger charge is -2.22. The van der Waals surface area contributed by atoms with Crippen LogP contribution in [0.15, 0.2) is 30.3 Å². The minimum atomic E-state index is -0.423. The largest absolute Gasteiger partial charge is 0.337 e. The quantitative estimate of drug-likeness (QED) is 0.809. The normalized spacial score (nSPS) is 12.2. The fourth-order valence-electron chi connectivity index (χ4n) is 1.44. The van der Waals surface area contributed by atoms with Gasteiger partial charge in [-0.3, -0.25) is 4.79 Å². The van der Waals surface area contributed by atoms with Crippen molar-refractivity contribution in [3.8, 4) is 0 Å². The zero-order valence-electron chi connectivity index (χ0n) is 9.31.